The summed E-state index contributed by atoms with van der Waals surface area (Å²) in [6.07, 6.45) is 12.3. The van der Waals surface area contributed by atoms with Crippen LogP contribution in [0.5, 0.6) is 0 Å². The van der Waals surface area contributed by atoms with Gasteiger partial charge < -0.3 is 25.4 Å². The Morgan fingerprint density at radius 3 is 3.05 bits per heavy atom. The van der Waals surface area contributed by atoms with Gasteiger partial charge in [0, 0.05) is 31.4 Å². The molecular weight excluding hydrogens is 278 g/mol. The van der Waals surface area contributed by atoms with Gasteiger partial charge in [-0.15, -0.1) is 0 Å². The van der Waals surface area contributed by atoms with Gasteiger partial charge in [0.2, 0.25) is 0 Å². The summed E-state index contributed by atoms with van der Waals surface area (Å²) in [6, 6.07) is 0.442. The van der Waals surface area contributed by atoms with E-state index in [4.69, 9.17) is 4.74 Å². The Bertz CT molecular complexity index is 420. The first-order chi connectivity index (χ1) is 10.7. The van der Waals surface area contributed by atoms with Crippen LogP contribution >= 0.6 is 0 Å². The molecule has 0 bridgehead atoms. The van der Waals surface area contributed by atoms with Gasteiger partial charge >= 0.3 is 0 Å². The van der Waals surface area contributed by atoms with Crippen molar-refractivity contribution in [3.63, 3.8) is 0 Å². The normalized spacial score (nSPS) is 23.1. The highest BCUT2D eigenvalue weighted by atomic mass is 16.6. The molecule has 3 atom stereocenters. The molecule has 1 aliphatic heterocycles. The second-order valence-corrected chi connectivity index (χ2v) is 5.93. The van der Waals surface area contributed by atoms with E-state index in [1.54, 1.807) is 0 Å². The number of ether oxygens (including phenoxy) is 1. The van der Waals surface area contributed by atoms with Gasteiger partial charge in [-0.3, -0.25) is 0 Å². The largest absolute Gasteiger partial charge is 0.466 e. The Morgan fingerprint density at radius 2 is 2.41 bits per heavy atom. The lowest BCUT2D eigenvalue weighted by Gasteiger charge is -2.25. The van der Waals surface area contributed by atoms with E-state index in [1.165, 1.54) is 0 Å². The Balaban J connectivity index is 1.61. The fourth-order valence-corrected chi connectivity index (χ4v) is 2.61. The molecule has 0 spiro atoms. The summed E-state index contributed by atoms with van der Waals surface area (Å²) in [5, 5.41) is 16.3. The first-order valence-electron chi connectivity index (χ1n) is 8.29. The second kappa shape index (κ2) is 8.86. The number of rotatable bonds is 9. The molecular formula is C17H29N3O2. The molecule has 2 rings (SSSR count). The predicted molar refractivity (Wildman–Crippen MR) is 88.6 cm³/mol. The Kier molecular flexibility index (Phi) is 6.80. The molecule has 0 saturated heterocycles. The van der Waals surface area contributed by atoms with Gasteiger partial charge in [-0.2, -0.15) is 0 Å². The summed E-state index contributed by atoms with van der Waals surface area (Å²) < 4.78 is 5.42. The van der Waals surface area contributed by atoms with Crippen LogP contribution in [0, 0.1) is 5.92 Å². The fraction of sp³-hybridized carbons (Fsp3) is 0.647. The highest BCUT2D eigenvalue weighted by Crippen LogP contribution is 2.21. The van der Waals surface area contributed by atoms with E-state index in [1.807, 2.05) is 19.2 Å². The monoisotopic (exact) mass is 307 g/mol. The molecule has 3 N–H and O–H groups in total. The molecule has 3 unspecified atom stereocenters. The van der Waals surface area contributed by atoms with E-state index in [-0.39, 0.29) is 0 Å². The van der Waals surface area contributed by atoms with Gasteiger partial charge in [-0.1, -0.05) is 13.0 Å². The van der Waals surface area contributed by atoms with E-state index in [2.05, 4.69) is 40.8 Å². The molecule has 0 aromatic heterocycles. The summed E-state index contributed by atoms with van der Waals surface area (Å²) in [4.78, 5) is 2.28. The second-order valence-electron chi connectivity index (χ2n) is 5.93. The van der Waals surface area contributed by atoms with Crippen molar-refractivity contribution in [3.05, 3.63) is 36.4 Å². The molecule has 2 aliphatic rings. The molecule has 0 fully saturated rings. The van der Waals surface area contributed by atoms with Crippen LogP contribution in [-0.2, 0) is 4.74 Å². The first kappa shape index (κ1) is 16.9. The molecule has 5 nitrogen and oxygen atoms in total. The number of nitrogens with one attached hydrogen (secondary N) is 2. The van der Waals surface area contributed by atoms with E-state index >= 15 is 0 Å². The standard InChI is InChI=1S/C17H29N3O2/c1-3-17(21)22-16-7-5-15(6-8-16)14(2)19-9-4-11-20-12-10-18-13-20/h5,7-8,10,12,14-15,17-19,21H,3-4,6,9,11,13H2,1-2H3. The van der Waals surface area contributed by atoms with Gasteiger partial charge in [-0.05, 0) is 44.4 Å². The number of aliphatic hydroxyl groups is 1. The lowest BCUT2D eigenvalue weighted by atomic mass is 9.93. The van der Waals surface area contributed by atoms with Gasteiger partial charge in [-0.25, -0.2) is 0 Å². The maximum atomic E-state index is 9.50. The lowest BCUT2D eigenvalue weighted by molar-refractivity contribution is -0.0626. The zero-order valence-electron chi connectivity index (χ0n) is 13.7. The summed E-state index contributed by atoms with van der Waals surface area (Å²) in [6.45, 7) is 7.17. The van der Waals surface area contributed by atoms with Gasteiger partial charge in [0.25, 0.3) is 0 Å². The molecule has 0 saturated carbocycles. The van der Waals surface area contributed by atoms with Crippen LogP contribution in [0.3, 0.4) is 0 Å². The number of nitrogens with zero attached hydrogens (tertiary/aromatic N) is 1. The van der Waals surface area contributed by atoms with Crippen LogP contribution < -0.4 is 10.6 Å². The highest BCUT2D eigenvalue weighted by molar-refractivity contribution is 5.19. The van der Waals surface area contributed by atoms with Gasteiger partial charge in [0.15, 0.2) is 6.29 Å². The van der Waals surface area contributed by atoms with Crippen molar-refractivity contribution in [2.45, 2.75) is 45.4 Å². The predicted octanol–water partition coefficient (Wildman–Crippen LogP) is 1.89. The maximum Gasteiger partial charge on any atom is 0.197 e. The minimum absolute atomic E-state index is 0.442. The zero-order valence-corrected chi connectivity index (χ0v) is 13.7. The van der Waals surface area contributed by atoms with Crippen molar-refractivity contribution in [2.75, 3.05) is 19.8 Å². The molecule has 0 aromatic rings. The number of hydrogen-bond acceptors (Lipinski definition) is 5. The number of hydrogen-bond donors (Lipinski definition) is 3. The maximum absolute atomic E-state index is 9.50. The molecule has 22 heavy (non-hydrogen) atoms. The van der Waals surface area contributed by atoms with Crippen molar-refractivity contribution in [1.82, 2.24) is 15.5 Å². The van der Waals surface area contributed by atoms with Crippen molar-refractivity contribution < 1.29 is 9.84 Å². The average molecular weight is 307 g/mol. The average Bonchev–Trinajstić information content (AvgIpc) is 3.05. The summed E-state index contributed by atoms with van der Waals surface area (Å²) in [7, 11) is 0. The molecule has 0 radical (unpaired) electrons. The topological polar surface area (TPSA) is 56.8 Å². The third-order valence-corrected chi connectivity index (χ3v) is 4.15. The van der Waals surface area contributed by atoms with Crippen LogP contribution in [-0.4, -0.2) is 42.1 Å². The summed E-state index contributed by atoms with van der Waals surface area (Å²) in [5.41, 5.74) is 0. The van der Waals surface area contributed by atoms with Crippen molar-refractivity contribution >= 4 is 0 Å². The van der Waals surface area contributed by atoms with E-state index < -0.39 is 6.29 Å². The molecule has 1 aliphatic carbocycles. The van der Waals surface area contributed by atoms with E-state index in [0.29, 0.717) is 18.4 Å². The minimum atomic E-state index is -0.697. The SMILES string of the molecule is CCC(O)OC1=CCC(C(C)NCCCN2C=CNC2)C=C1. The first-order valence-corrected chi connectivity index (χ1v) is 8.29. The van der Waals surface area contributed by atoms with E-state index in [9.17, 15) is 5.11 Å². The molecule has 124 valence electrons. The van der Waals surface area contributed by atoms with Crippen LogP contribution in [0.4, 0.5) is 0 Å². The lowest BCUT2D eigenvalue weighted by Crippen LogP contribution is -2.35. The smallest absolute Gasteiger partial charge is 0.197 e. The number of allylic oxidation sites excluding steroid dienone is 2. The van der Waals surface area contributed by atoms with Crippen LogP contribution in [0.15, 0.2) is 36.4 Å². The third-order valence-electron chi connectivity index (χ3n) is 4.15. The minimum Gasteiger partial charge on any atom is -0.466 e. The molecule has 0 amide bonds. The van der Waals surface area contributed by atoms with E-state index in [0.717, 1.165) is 38.4 Å². The summed E-state index contributed by atoms with van der Waals surface area (Å²) >= 11 is 0. The zero-order chi connectivity index (χ0) is 15.8. The highest BCUT2D eigenvalue weighted by Gasteiger charge is 2.17. The molecule has 5 heteroatoms. The van der Waals surface area contributed by atoms with Gasteiger partial charge in [0.1, 0.15) is 5.76 Å². The summed E-state index contributed by atoms with van der Waals surface area (Å²) in [5.74, 6) is 1.27. The van der Waals surface area contributed by atoms with Gasteiger partial charge in [0.05, 0.1) is 6.67 Å². The Morgan fingerprint density at radius 1 is 1.55 bits per heavy atom. The molecule has 1 heterocycles. The van der Waals surface area contributed by atoms with Crippen LogP contribution in [0.2, 0.25) is 0 Å². The Labute approximate surface area is 133 Å². The van der Waals surface area contributed by atoms with Crippen molar-refractivity contribution in [1.29, 1.82) is 0 Å². The number of aliphatic hydroxyl groups excluding tert-OH is 1. The van der Waals surface area contributed by atoms with Crippen molar-refractivity contribution in [2.24, 2.45) is 5.92 Å². The quantitative estimate of drug-likeness (QED) is 0.449. The van der Waals surface area contributed by atoms with Crippen LogP contribution in [0.1, 0.15) is 33.1 Å². The van der Waals surface area contributed by atoms with Crippen molar-refractivity contribution in [3.8, 4) is 0 Å². The Hall–Kier alpha value is -1.46. The molecule has 0 aromatic carbocycles. The third kappa shape index (κ3) is 5.39. The fourth-order valence-electron chi connectivity index (χ4n) is 2.61. The van der Waals surface area contributed by atoms with Crippen LogP contribution in [0.25, 0.3) is 0 Å².